The Morgan fingerprint density at radius 2 is 1.89 bits per heavy atom. The highest BCUT2D eigenvalue weighted by Crippen LogP contribution is 2.38. The molecule has 2 atom stereocenters. The number of nitrogens with two attached hydrogens (primary N) is 1. The van der Waals surface area contributed by atoms with E-state index in [1.54, 1.807) is 7.11 Å². The SMILES string of the molecule is COc1ccc2c(c1)C[C@@H](N)[C@@H]2c1ccccc1. The van der Waals surface area contributed by atoms with Crippen molar-refractivity contribution in [1.29, 1.82) is 0 Å². The van der Waals surface area contributed by atoms with Crippen molar-refractivity contribution >= 4 is 0 Å². The van der Waals surface area contributed by atoms with Crippen molar-refractivity contribution in [1.82, 2.24) is 0 Å². The molecule has 0 amide bonds. The molecule has 2 aromatic rings. The Morgan fingerprint density at radius 3 is 2.61 bits per heavy atom. The van der Waals surface area contributed by atoms with Gasteiger partial charge < -0.3 is 10.5 Å². The van der Waals surface area contributed by atoms with E-state index in [0.717, 1.165) is 12.2 Å². The maximum atomic E-state index is 6.31. The second kappa shape index (κ2) is 4.46. The molecule has 2 N–H and O–H groups in total. The van der Waals surface area contributed by atoms with Crippen molar-refractivity contribution in [3.8, 4) is 5.75 Å². The van der Waals surface area contributed by atoms with E-state index in [9.17, 15) is 0 Å². The van der Waals surface area contributed by atoms with Gasteiger partial charge in [-0.2, -0.15) is 0 Å². The molecule has 0 heterocycles. The molecule has 0 aromatic heterocycles. The maximum absolute atomic E-state index is 6.31. The molecule has 18 heavy (non-hydrogen) atoms. The molecule has 0 fully saturated rings. The zero-order valence-corrected chi connectivity index (χ0v) is 10.5. The third-order valence-corrected chi connectivity index (χ3v) is 3.73. The van der Waals surface area contributed by atoms with Gasteiger partial charge in [-0.05, 0) is 35.2 Å². The lowest BCUT2D eigenvalue weighted by molar-refractivity contribution is 0.414. The fourth-order valence-corrected chi connectivity index (χ4v) is 2.88. The van der Waals surface area contributed by atoms with Crippen molar-refractivity contribution in [3.05, 3.63) is 65.2 Å². The number of hydrogen-bond acceptors (Lipinski definition) is 2. The van der Waals surface area contributed by atoms with Crippen molar-refractivity contribution in [2.75, 3.05) is 7.11 Å². The van der Waals surface area contributed by atoms with Gasteiger partial charge in [0.15, 0.2) is 0 Å². The predicted octanol–water partition coefficient (Wildman–Crippen LogP) is 2.71. The van der Waals surface area contributed by atoms with Crippen molar-refractivity contribution in [2.45, 2.75) is 18.4 Å². The number of methoxy groups -OCH3 is 1. The van der Waals surface area contributed by atoms with Crippen molar-refractivity contribution in [3.63, 3.8) is 0 Å². The van der Waals surface area contributed by atoms with Crippen LogP contribution in [0.15, 0.2) is 48.5 Å². The van der Waals surface area contributed by atoms with Crippen molar-refractivity contribution in [2.24, 2.45) is 5.73 Å². The van der Waals surface area contributed by atoms with Gasteiger partial charge in [0.05, 0.1) is 7.11 Å². The summed E-state index contributed by atoms with van der Waals surface area (Å²) in [6.07, 6.45) is 0.923. The molecule has 0 saturated heterocycles. The fraction of sp³-hybridized carbons (Fsp3) is 0.250. The van der Waals surface area contributed by atoms with E-state index in [0.29, 0.717) is 5.92 Å². The third kappa shape index (κ3) is 1.79. The van der Waals surface area contributed by atoms with Crippen LogP contribution in [-0.4, -0.2) is 13.2 Å². The molecule has 1 aliphatic carbocycles. The first-order valence-corrected chi connectivity index (χ1v) is 6.27. The van der Waals surface area contributed by atoms with E-state index in [1.807, 2.05) is 12.1 Å². The minimum atomic E-state index is 0.162. The van der Waals surface area contributed by atoms with Crippen LogP contribution in [0.4, 0.5) is 0 Å². The molecule has 0 aliphatic heterocycles. The summed E-state index contributed by atoms with van der Waals surface area (Å²) in [5.74, 6) is 1.22. The smallest absolute Gasteiger partial charge is 0.119 e. The molecule has 2 nitrogen and oxygen atoms in total. The van der Waals surface area contributed by atoms with Crippen LogP contribution in [0.25, 0.3) is 0 Å². The van der Waals surface area contributed by atoms with Gasteiger partial charge in [0.25, 0.3) is 0 Å². The van der Waals surface area contributed by atoms with Crippen LogP contribution in [-0.2, 0) is 6.42 Å². The van der Waals surface area contributed by atoms with Gasteiger partial charge in [0, 0.05) is 12.0 Å². The largest absolute Gasteiger partial charge is 0.497 e. The minimum Gasteiger partial charge on any atom is -0.497 e. The summed E-state index contributed by atoms with van der Waals surface area (Å²) in [4.78, 5) is 0. The Balaban J connectivity index is 2.05. The summed E-state index contributed by atoms with van der Waals surface area (Å²) in [6.45, 7) is 0. The Hall–Kier alpha value is -1.80. The maximum Gasteiger partial charge on any atom is 0.119 e. The lowest BCUT2D eigenvalue weighted by Gasteiger charge is -2.17. The first kappa shape index (κ1) is 11.3. The van der Waals surface area contributed by atoms with Gasteiger partial charge in [-0.15, -0.1) is 0 Å². The summed E-state index contributed by atoms with van der Waals surface area (Å²) in [6, 6.07) is 16.9. The highest BCUT2D eigenvalue weighted by atomic mass is 16.5. The molecular weight excluding hydrogens is 222 g/mol. The normalized spacial score (nSPS) is 21.7. The molecule has 3 rings (SSSR count). The van der Waals surface area contributed by atoms with Crippen LogP contribution in [0.1, 0.15) is 22.6 Å². The molecule has 2 aromatic carbocycles. The van der Waals surface area contributed by atoms with E-state index in [-0.39, 0.29) is 6.04 Å². The molecule has 0 saturated carbocycles. The van der Waals surface area contributed by atoms with Gasteiger partial charge >= 0.3 is 0 Å². The first-order chi connectivity index (χ1) is 8.79. The average Bonchev–Trinajstić information content (AvgIpc) is 2.74. The van der Waals surface area contributed by atoms with Gasteiger partial charge in [-0.1, -0.05) is 36.4 Å². The molecule has 92 valence electrons. The minimum absolute atomic E-state index is 0.162. The quantitative estimate of drug-likeness (QED) is 0.874. The molecular formula is C16H17NO. The molecule has 0 spiro atoms. The van der Waals surface area contributed by atoms with Crippen molar-refractivity contribution < 1.29 is 4.74 Å². The van der Waals surface area contributed by atoms with Crippen LogP contribution in [0, 0.1) is 0 Å². The van der Waals surface area contributed by atoms with Gasteiger partial charge in [-0.25, -0.2) is 0 Å². The van der Waals surface area contributed by atoms with E-state index >= 15 is 0 Å². The summed E-state index contributed by atoms with van der Waals surface area (Å²) in [5, 5.41) is 0. The Labute approximate surface area is 107 Å². The number of ether oxygens (including phenoxy) is 1. The third-order valence-electron chi connectivity index (χ3n) is 3.73. The standard InChI is InChI=1S/C16H17NO/c1-18-13-7-8-14-12(9-13)10-15(17)16(14)11-5-3-2-4-6-11/h2-9,15-16H,10,17H2,1H3/t15-,16-/m1/s1. The number of rotatable bonds is 2. The lowest BCUT2D eigenvalue weighted by Crippen LogP contribution is -2.25. The van der Waals surface area contributed by atoms with Crippen LogP contribution in [0.5, 0.6) is 5.75 Å². The second-order valence-electron chi connectivity index (χ2n) is 4.82. The predicted molar refractivity (Wildman–Crippen MR) is 73.0 cm³/mol. The zero-order valence-electron chi connectivity index (χ0n) is 10.5. The Morgan fingerprint density at radius 1 is 1.11 bits per heavy atom. The summed E-state index contributed by atoms with van der Waals surface area (Å²) in [7, 11) is 1.70. The summed E-state index contributed by atoms with van der Waals surface area (Å²) >= 11 is 0. The van der Waals surface area contributed by atoms with E-state index in [1.165, 1.54) is 16.7 Å². The highest BCUT2D eigenvalue weighted by molar-refractivity contribution is 5.47. The second-order valence-corrected chi connectivity index (χ2v) is 4.82. The molecule has 0 radical (unpaired) electrons. The molecule has 0 unspecified atom stereocenters. The Bertz CT molecular complexity index is 550. The lowest BCUT2D eigenvalue weighted by atomic mass is 9.91. The Kier molecular flexibility index (Phi) is 2.80. The van der Waals surface area contributed by atoms with Crippen LogP contribution in [0.2, 0.25) is 0 Å². The molecule has 1 aliphatic rings. The van der Waals surface area contributed by atoms with Gasteiger partial charge in [0.2, 0.25) is 0 Å². The van der Waals surface area contributed by atoms with Crippen LogP contribution in [0.3, 0.4) is 0 Å². The first-order valence-electron chi connectivity index (χ1n) is 6.27. The number of hydrogen-bond donors (Lipinski definition) is 1. The summed E-state index contributed by atoms with van der Waals surface area (Å²) in [5.41, 5.74) is 10.3. The zero-order chi connectivity index (χ0) is 12.5. The van der Waals surface area contributed by atoms with Gasteiger partial charge in [0.1, 0.15) is 5.75 Å². The summed E-state index contributed by atoms with van der Waals surface area (Å²) < 4.78 is 5.27. The fourth-order valence-electron chi connectivity index (χ4n) is 2.88. The van der Waals surface area contributed by atoms with Crippen LogP contribution < -0.4 is 10.5 Å². The molecule has 0 bridgehead atoms. The topological polar surface area (TPSA) is 35.2 Å². The average molecular weight is 239 g/mol. The van der Waals surface area contributed by atoms with Gasteiger partial charge in [-0.3, -0.25) is 0 Å². The highest BCUT2D eigenvalue weighted by Gasteiger charge is 2.31. The molecule has 2 heteroatoms. The monoisotopic (exact) mass is 239 g/mol. The van der Waals surface area contributed by atoms with Crippen LogP contribution >= 0.6 is 0 Å². The van der Waals surface area contributed by atoms with E-state index in [2.05, 4.69) is 36.4 Å². The number of benzene rings is 2. The number of fused-ring (bicyclic) bond motifs is 1. The van der Waals surface area contributed by atoms with E-state index in [4.69, 9.17) is 10.5 Å². The van der Waals surface area contributed by atoms with E-state index < -0.39 is 0 Å².